The molecule has 4 heterocycles. The maximum atomic E-state index is 4.91. The molecule has 4 aromatic heterocycles. The molecule has 0 amide bonds. The van der Waals surface area contributed by atoms with E-state index in [2.05, 4.69) is 75.2 Å². The van der Waals surface area contributed by atoms with Gasteiger partial charge in [0.25, 0.3) is 0 Å². The predicted molar refractivity (Wildman–Crippen MR) is 125 cm³/mol. The van der Waals surface area contributed by atoms with Crippen LogP contribution in [-0.4, -0.2) is 19.5 Å². The summed E-state index contributed by atoms with van der Waals surface area (Å²) in [6.07, 6.45) is 3.59. The summed E-state index contributed by atoms with van der Waals surface area (Å²) in [4.78, 5) is 14.0. The Morgan fingerprint density at radius 2 is 0.968 bits per heavy atom. The van der Waals surface area contributed by atoms with Crippen molar-refractivity contribution in [2.24, 2.45) is 0 Å². The number of para-hydroxylation sites is 2. The molecule has 4 nitrogen and oxygen atoms in total. The van der Waals surface area contributed by atoms with Crippen LogP contribution < -0.4 is 0 Å². The minimum absolute atomic E-state index is 0.820. The zero-order valence-electron chi connectivity index (χ0n) is 16.7. The van der Waals surface area contributed by atoms with Crippen molar-refractivity contribution in [3.8, 4) is 28.5 Å². The van der Waals surface area contributed by atoms with E-state index in [9.17, 15) is 0 Å². The molecule has 6 rings (SSSR count). The van der Waals surface area contributed by atoms with E-state index in [1.807, 2.05) is 36.4 Å². The van der Waals surface area contributed by atoms with E-state index in [0.29, 0.717) is 0 Å². The Kier molecular flexibility index (Phi) is 4.06. The monoisotopic (exact) mass is 398 g/mol. The van der Waals surface area contributed by atoms with Crippen molar-refractivity contribution in [2.45, 2.75) is 0 Å². The first-order valence-electron chi connectivity index (χ1n) is 10.2. The van der Waals surface area contributed by atoms with Crippen molar-refractivity contribution < 1.29 is 0 Å². The number of rotatable bonds is 3. The number of benzene rings is 2. The lowest BCUT2D eigenvalue weighted by Crippen LogP contribution is -1.99. The van der Waals surface area contributed by atoms with Crippen LogP contribution in [0.25, 0.3) is 50.3 Å². The van der Waals surface area contributed by atoms with E-state index in [1.165, 1.54) is 10.8 Å². The molecule has 0 aliphatic heterocycles. The summed E-state index contributed by atoms with van der Waals surface area (Å²) in [6, 6.07) is 33.0. The van der Waals surface area contributed by atoms with E-state index in [1.54, 1.807) is 12.4 Å². The molecule has 0 fully saturated rings. The molecule has 0 radical (unpaired) electrons. The van der Waals surface area contributed by atoms with Gasteiger partial charge in [0.1, 0.15) is 0 Å². The van der Waals surface area contributed by atoms with Gasteiger partial charge < -0.3 is 4.57 Å². The van der Waals surface area contributed by atoms with Crippen molar-refractivity contribution in [1.82, 2.24) is 19.5 Å². The van der Waals surface area contributed by atoms with Crippen LogP contribution in [0.15, 0.2) is 109 Å². The molecule has 6 aromatic rings. The summed E-state index contributed by atoms with van der Waals surface area (Å²) in [5, 5.41) is 2.46. The number of fused-ring (bicyclic) bond motifs is 3. The quantitative estimate of drug-likeness (QED) is 0.351. The second-order valence-electron chi connectivity index (χ2n) is 7.40. The Labute approximate surface area is 179 Å². The third kappa shape index (κ3) is 2.97. The average Bonchev–Trinajstić information content (AvgIpc) is 3.19. The average molecular weight is 398 g/mol. The van der Waals surface area contributed by atoms with Gasteiger partial charge >= 0.3 is 0 Å². The molecule has 0 N–H and O–H groups in total. The molecule has 146 valence electrons. The largest absolute Gasteiger partial charge is 0.309 e. The molecule has 0 aliphatic carbocycles. The number of aromatic nitrogens is 4. The molecule has 2 aromatic carbocycles. The molecule has 0 spiro atoms. The summed E-state index contributed by atoms with van der Waals surface area (Å²) >= 11 is 0. The second-order valence-corrected chi connectivity index (χ2v) is 7.40. The lowest BCUT2D eigenvalue weighted by atomic mass is 10.1. The fraction of sp³-hybridized carbons (Fsp3) is 0. The molecule has 0 saturated carbocycles. The van der Waals surface area contributed by atoms with Gasteiger partial charge in [-0.2, -0.15) is 0 Å². The van der Waals surface area contributed by atoms with Gasteiger partial charge in [-0.1, -0.05) is 48.5 Å². The molecule has 0 saturated heterocycles. The number of hydrogen-bond acceptors (Lipinski definition) is 3. The van der Waals surface area contributed by atoms with Crippen molar-refractivity contribution in [1.29, 1.82) is 0 Å². The lowest BCUT2D eigenvalue weighted by molar-refractivity contribution is 1.14. The summed E-state index contributed by atoms with van der Waals surface area (Å²) in [5.41, 5.74) is 6.67. The van der Waals surface area contributed by atoms with Gasteiger partial charge in [0.15, 0.2) is 0 Å². The summed E-state index contributed by atoms with van der Waals surface area (Å²) in [6.45, 7) is 0. The Balaban J connectivity index is 1.69. The van der Waals surface area contributed by atoms with Gasteiger partial charge in [-0.3, -0.25) is 9.97 Å². The van der Waals surface area contributed by atoms with Crippen molar-refractivity contribution in [3.63, 3.8) is 0 Å². The minimum Gasteiger partial charge on any atom is -0.309 e. The molecule has 0 unspecified atom stereocenters. The third-order valence-electron chi connectivity index (χ3n) is 5.50. The molecule has 31 heavy (non-hydrogen) atoms. The summed E-state index contributed by atoms with van der Waals surface area (Å²) in [7, 11) is 0. The SMILES string of the molecule is c1ccc(-c2cc(-n3c4ccccc4c4ccccc43)cc(-c3ccccn3)n2)nc1. The van der Waals surface area contributed by atoms with E-state index < -0.39 is 0 Å². The van der Waals surface area contributed by atoms with Gasteiger partial charge in [-0.15, -0.1) is 0 Å². The Morgan fingerprint density at radius 3 is 1.45 bits per heavy atom. The van der Waals surface area contributed by atoms with E-state index in [4.69, 9.17) is 4.98 Å². The smallest absolute Gasteiger partial charge is 0.0915 e. The molecule has 0 bridgehead atoms. The molecular weight excluding hydrogens is 380 g/mol. The highest BCUT2D eigenvalue weighted by Gasteiger charge is 2.15. The van der Waals surface area contributed by atoms with Crippen molar-refractivity contribution in [3.05, 3.63) is 109 Å². The first kappa shape index (κ1) is 17.5. The van der Waals surface area contributed by atoms with Crippen molar-refractivity contribution >= 4 is 21.8 Å². The zero-order valence-corrected chi connectivity index (χ0v) is 16.7. The highest BCUT2D eigenvalue weighted by atomic mass is 15.0. The first-order valence-corrected chi connectivity index (χ1v) is 10.2. The number of hydrogen-bond donors (Lipinski definition) is 0. The van der Waals surface area contributed by atoms with E-state index in [-0.39, 0.29) is 0 Å². The van der Waals surface area contributed by atoms with Gasteiger partial charge in [-0.25, -0.2) is 4.98 Å². The molecule has 0 atom stereocenters. The van der Waals surface area contributed by atoms with Gasteiger partial charge in [0, 0.05) is 23.2 Å². The fourth-order valence-corrected chi connectivity index (χ4v) is 4.14. The topological polar surface area (TPSA) is 43.6 Å². The Morgan fingerprint density at radius 1 is 0.484 bits per heavy atom. The maximum Gasteiger partial charge on any atom is 0.0915 e. The Hall–Kier alpha value is -4.31. The van der Waals surface area contributed by atoms with E-state index >= 15 is 0 Å². The predicted octanol–water partition coefficient (Wildman–Crippen LogP) is 6.30. The van der Waals surface area contributed by atoms with Crippen LogP contribution in [0, 0.1) is 0 Å². The highest BCUT2D eigenvalue weighted by Crippen LogP contribution is 2.34. The minimum atomic E-state index is 0.820. The molecule has 4 heteroatoms. The molecule has 0 aliphatic rings. The molecular formula is C27H18N4. The van der Waals surface area contributed by atoms with Crippen LogP contribution >= 0.6 is 0 Å². The highest BCUT2D eigenvalue weighted by molar-refractivity contribution is 6.09. The van der Waals surface area contributed by atoms with Gasteiger partial charge in [-0.05, 0) is 48.5 Å². The fourth-order valence-electron chi connectivity index (χ4n) is 4.14. The van der Waals surface area contributed by atoms with Crippen LogP contribution in [0.1, 0.15) is 0 Å². The van der Waals surface area contributed by atoms with Crippen LogP contribution in [0.2, 0.25) is 0 Å². The zero-order chi connectivity index (χ0) is 20.6. The van der Waals surface area contributed by atoms with Crippen LogP contribution in [0.3, 0.4) is 0 Å². The summed E-state index contributed by atoms with van der Waals surface area (Å²) < 4.78 is 2.30. The number of pyridine rings is 3. The van der Waals surface area contributed by atoms with Crippen LogP contribution in [0.5, 0.6) is 0 Å². The number of nitrogens with zero attached hydrogens (tertiary/aromatic N) is 4. The van der Waals surface area contributed by atoms with Gasteiger partial charge in [0.2, 0.25) is 0 Å². The normalized spacial score (nSPS) is 11.2. The Bertz CT molecular complexity index is 1410. The summed E-state index contributed by atoms with van der Waals surface area (Å²) in [5.74, 6) is 0. The first-order chi connectivity index (χ1) is 15.4. The van der Waals surface area contributed by atoms with Crippen molar-refractivity contribution in [2.75, 3.05) is 0 Å². The standard InChI is InChI=1S/C27H18N4/c1-3-13-26-20(9-1)21-10-2-4-14-27(21)31(26)19-17-24(22-11-5-7-15-28-22)30-25(18-19)23-12-6-8-16-29-23/h1-18H. The van der Waals surface area contributed by atoms with Crippen LogP contribution in [0.4, 0.5) is 0 Å². The maximum absolute atomic E-state index is 4.91. The van der Waals surface area contributed by atoms with E-state index in [0.717, 1.165) is 39.5 Å². The van der Waals surface area contributed by atoms with Gasteiger partial charge in [0.05, 0.1) is 39.5 Å². The third-order valence-corrected chi connectivity index (χ3v) is 5.50. The van der Waals surface area contributed by atoms with Crippen LogP contribution in [-0.2, 0) is 0 Å². The second kappa shape index (κ2) is 7.18. The lowest BCUT2D eigenvalue weighted by Gasteiger charge is -2.12.